The number of hydrogen-bond acceptors (Lipinski definition) is 8. The minimum atomic E-state index is -0.550. The molecular formula is C36H41N9O3. The van der Waals surface area contributed by atoms with Gasteiger partial charge < -0.3 is 19.6 Å². The van der Waals surface area contributed by atoms with Crippen molar-refractivity contribution in [2.75, 3.05) is 13.1 Å². The van der Waals surface area contributed by atoms with Crippen LogP contribution in [0.3, 0.4) is 0 Å². The van der Waals surface area contributed by atoms with Crippen molar-refractivity contribution in [3.8, 4) is 33.9 Å². The molecule has 1 aromatic carbocycles. The average molecular weight is 648 g/mol. The van der Waals surface area contributed by atoms with Gasteiger partial charge in [0.2, 0.25) is 5.91 Å². The van der Waals surface area contributed by atoms with E-state index in [1.807, 2.05) is 49.9 Å². The van der Waals surface area contributed by atoms with Crippen LogP contribution in [0.2, 0.25) is 0 Å². The Balaban J connectivity index is 1.10. The fourth-order valence-electron chi connectivity index (χ4n) is 6.16. The standard InChI is InChI=1S/C36H41N9O3/c1-6-37-18-23(2)17-31(46)44-15-7-9-29(44)33-41-22-28(43-33)26-19-38-32(39-20-26)25-13-11-24(12-14-25)27-21-40-34(42-27)30-10-8-16-45(30)35(47)48-36(3,4)5/h6,11-14,18-22,29-30H,1-2,7-10,15-17H2,3-5H3,(H,40,42)(H,41,43)/t29-,30-/m0/s1. The number of carbonyl (C=O) groups is 2. The number of nitrogens with one attached hydrogen (secondary N) is 2. The second-order valence-electron chi connectivity index (χ2n) is 13.1. The van der Waals surface area contributed by atoms with Crippen molar-refractivity contribution in [1.82, 2.24) is 39.7 Å². The molecule has 0 radical (unpaired) electrons. The number of aromatic amines is 2. The molecule has 2 aliphatic rings. The number of H-pyrrole nitrogens is 2. The van der Waals surface area contributed by atoms with E-state index in [1.165, 1.54) is 6.20 Å². The fourth-order valence-corrected chi connectivity index (χ4v) is 6.16. The van der Waals surface area contributed by atoms with E-state index >= 15 is 0 Å². The molecule has 2 N–H and O–H groups in total. The lowest BCUT2D eigenvalue weighted by molar-refractivity contribution is -0.131. The Morgan fingerprint density at radius 3 is 2.04 bits per heavy atom. The maximum absolute atomic E-state index is 13.0. The minimum Gasteiger partial charge on any atom is -0.444 e. The molecule has 2 atom stereocenters. The lowest BCUT2D eigenvalue weighted by atomic mass is 10.1. The Bertz CT molecular complexity index is 1820. The average Bonchev–Trinajstić information content (AvgIpc) is 3.89. The summed E-state index contributed by atoms with van der Waals surface area (Å²) in [5.41, 5.74) is 4.39. The van der Waals surface area contributed by atoms with E-state index in [0.717, 1.165) is 65.4 Å². The van der Waals surface area contributed by atoms with Crippen LogP contribution < -0.4 is 0 Å². The van der Waals surface area contributed by atoms with Crippen molar-refractivity contribution in [3.63, 3.8) is 0 Å². The molecule has 12 nitrogen and oxygen atoms in total. The van der Waals surface area contributed by atoms with Crippen LogP contribution in [-0.4, -0.2) is 76.6 Å². The topological polar surface area (TPSA) is 145 Å². The van der Waals surface area contributed by atoms with Crippen LogP contribution in [-0.2, 0) is 9.53 Å². The summed E-state index contributed by atoms with van der Waals surface area (Å²) in [7, 11) is 0. The number of benzene rings is 1. The minimum absolute atomic E-state index is 0.00120. The largest absolute Gasteiger partial charge is 0.444 e. The monoisotopic (exact) mass is 647 g/mol. The van der Waals surface area contributed by atoms with Crippen LogP contribution in [0.25, 0.3) is 33.9 Å². The molecule has 2 fully saturated rings. The van der Waals surface area contributed by atoms with E-state index in [4.69, 9.17) is 4.74 Å². The van der Waals surface area contributed by atoms with Crippen molar-refractivity contribution in [2.24, 2.45) is 4.99 Å². The molecule has 248 valence electrons. The van der Waals surface area contributed by atoms with Crippen LogP contribution in [0.5, 0.6) is 0 Å². The summed E-state index contributed by atoms with van der Waals surface area (Å²) in [6, 6.07) is 7.69. The third-order valence-corrected chi connectivity index (χ3v) is 8.43. The number of amides is 2. The molecule has 0 saturated carbocycles. The summed E-state index contributed by atoms with van der Waals surface area (Å²) < 4.78 is 5.61. The molecule has 48 heavy (non-hydrogen) atoms. The van der Waals surface area contributed by atoms with Gasteiger partial charge in [0.25, 0.3) is 0 Å². The van der Waals surface area contributed by atoms with E-state index in [9.17, 15) is 9.59 Å². The third kappa shape index (κ3) is 7.27. The van der Waals surface area contributed by atoms with Crippen molar-refractivity contribution < 1.29 is 14.3 Å². The summed E-state index contributed by atoms with van der Waals surface area (Å²) >= 11 is 0. The van der Waals surface area contributed by atoms with E-state index in [2.05, 4.69) is 48.1 Å². The smallest absolute Gasteiger partial charge is 0.410 e. The molecule has 0 spiro atoms. The molecule has 5 heterocycles. The summed E-state index contributed by atoms with van der Waals surface area (Å²) in [4.78, 5) is 58.6. The zero-order valence-electron chi connectivity index (χ0n) is 27.6. The van der Waals surface area contributed by atoms with Gasteiger partial charge >= 0.3 is 6.09 Å². The summed E-state index contributed by atoms with van der Waals surface area (Å²) in [5, 5.41) is 0. The van der Waals surface area contributed by atoms with Crippen molar-refractivity contribution in [2.45, 2.75) is 70.6 Å². The van der Waals surface area contributed by atoms with Gasteiger partial charge in [-0.25, -0.2) is 24.7 Å². The van der Waals surface area contributed by atoms with Gasteiger partial charge in [0.05, 0.1) is 42.3 Å². The zero-order valence-corrected chi connectivity index (χ0v) is 27.6. The molecule has 0 bridgehead atoms. The molecule has 6 rings (SSSR count). The van der Waals surface area contributed by atoms with Gasteiger partial charge in [0, 0.05) is 49.0 Å². The SMILES string of the molecule is C=CN=CC(=C)CC(=O)N1CCC[C@H]1c1ncc(-c2cnc(-c3ccc(-c4cnc([C@@H]5CCCN5C(=O)OC(C)(C)C)[nH]4)cc3)nc2)[nH]1. The number of ether oxygens (including phenoxy) is 1. The number of nitrogens with zero attached hydrogens (tertiary/aromatic N) is 7. The molecule has 2 saturated heterocycles. The molecule has 0 aliphatic carbocycles. The predicted molar refractivity (Wildman–Crippen MR) is 184 cm³/mol. The lowest BCUT2D eigenvalue weighted by Crippen LogP contribution is -2.36. The van der Waals surface area contributed by atoms with E-state index in [1.54, 1.807) is 35.9 Å². The molecular weight excluding hydrogens is 606 g/mol. The van der Waals surface area contributed by atoms with E-state index < -0.39 is 5.60 Å². The Morgan fingerprint density at radius 1 is 0.875 bits per heavy atom. The van der Waals surface area contributed by atoms with E-state index in [-0.39, 0.29) is 30.5 Å². The number of likely N-dealkylation sites (tertiary alicyclic amines) is 2. The van der Waals surface area contributed by atoms with Crippen molar-refractivity contribution in [1.29, 1.82) is 0 Å². The normalized spacial score (nSPS) is 18.1. The first kappa shape index (κ1) is 32.5. The first-order valence-electron chi connectivity index (χ1n) is 16.2. The van der Waals surface area contributed by atoms with Crippen molar-refractivity contribution >= 4 is 18.2 Å². The van der Waals surface area contributed by atoms with Gasteiger partial charge in [-0.1, -0.05) is 37.4 Å². The van der Waals surface area contributed by atoms with Crippen LogP contribution in [0.15, 0.2) is 79.0 Å². The molecule has 3 aromatic heterocycles. The number of carbonyl (C=O) groups excluding carboxylic acids is 2. The Labute approximate surface area is 280 Å². The first-order chi connectivity index (χ1) is 23.1. The van der Waals surface area contributed by atoms with Gasteiger partial charge in [-0.15, -0.1) is 0 Å². The first-order valence-corrected chi connectivity index (χ1v) is 16.2. The zero-order chi connectivity index (χ0) is 33.8. The van der Waals surface area contributed by atoms with Gasteiger partial charge in [0.1, 0.15) is 17.2 Å². The lowest BCUT2D eigenvalue weighted by Gasteiger charge is -2.27. The number of aromatic nitrogens is 6. The van der Waals surface area contributed by atoms with Crippen LogP contribution in [0, 0.1) is 0 Å². The van der Waals surface area contributed by atoms with Gasteiger partial charge in [-0.05, 0) is 57.6 Å². The number of rotatable bonds is 9. The van der Waals surface area contributed by atoms with Gasteiger partial charge in [0.15, 0.2) is 5.82 Å². The fraction of sp³-hybridized carbons (Fsp3) is 0.361. The molecule has 12 heteroatoms. The Morgan fingerprint density at radius 2 is 1.44 bits per heavy atom. The number of hydrogen-bond donors (Lipinski definition) is 2. The molecule has 4 aromatic rings. The van der Waals surface area contributed by atoms with Gasteiger partial charge in [-0.3, -0.25) is 14.7 Å². The van der Waals surface area contributed by atoms with Crippen molar-refractivity contribution in [3.05, 3.63) is 85.6 Å². The quantitative estimate of drug-likeness (QED) is 0.190. The highest BCUT2D eigenvalue weighted by Gasteiger charge is 2.35. The van der Waals surface area contributed by atoms with Gasteiger partial charge in [-0.2, -0.15) is 0 Å². The predicted octanol–water partition coefficient (Wildman–Crippen LogP) is 6.82. The summed E-state index contributed by atoms with van der Waals surface area (Å²) in [6.45, 7) is 14.4. The number of imidazole rings is 2. The highest BCUT2D eigenvalue weighted by molar-refractivity contribution is 5.89. The molecule has 2 aliphatic heterocycles. The highest BCUT2D eigenvalue weighted by atomic mass is 16.6. The molecule has 0 unspecified atom stereocenters. The van der Waals surface area contributed by atoms with Crippen LogP contribution >= 0.6 is 0 Å². The summed E-state index contributed by atoms with van der Waals surface area (Å²) in [5.74, 6) is 2.10. The van der Waals surface area contributed by atoms with Crippen LogP contribution in [0.4, 0.5) is 4.79 Å². The summed E-state index contributed by atoms with van der Waals surface area (Å²) in [6.07, 6.45) is 13.5. The van der Waals surface area contributed by atoms with E-state index in [0.29, 0.717) is 24.5 Å². The second-order valence-corrected chi connectivity index (χ2v) is 13.1. The van der Waals surface area contributed by atoms with Crippen LogP contribution in [0.1, 0.15) is 76.6 Å². The maximum Gasteiger partial charge on any atom is 0.410 e. The molecule has 2 amide bonds. The highest BCUT2D eigenvalue weighted by Crippen LogP contribution is 2.34. The maximum atomic E-state index is 13.0. The second kappa shape index (κ2) is 13.8. The Hall–Kier alpha value is -5.39. The Kier molecular flexibility index (Phi) is 9.33. The number of aliphatic imine (C=N–C) groups is 1. The third-order valence-electron chi connectivity index (χ3n) is 8.43.